The van der Waals surface area contributed by atoms with Gasteiger partial charge in [-0.25, -0.2) is 9.40 Å². The Hall–Kier alpha value is -3.46. The molecule has 0 saturated carbocycles. The standard InChI is InChI=1S/C28H37FN6O2/c1-5-7-8-11-30-27(36)18-33(25-14-22-15-31-35(6-2)26(22)12-20(25)3)19-28(37)32(4)34-16-21-9-10-24(29)13-23(21)17-34/h9-10,12-15H,5-8,11,16-19H2,1-4H3,(H,30,36). The van der Waals surface area contributed by atoms with Crippen LogP contribution in [-0.4, -0.2) is 58.3 Å². The molecule has 0 aliphatic carbocycles. The topological polar surface area (TPSA) is 73.7 Å². The molecular weight excluding hydrogens is 471 g/mol. The van der Waals surface area contributed by atoms with Gasteiger partial charge < -0.3 is 10.2 Å². The van der Waals surface area contributed by atoms with E-state index in [0.717, 1.165) is 59.1 Å². The highest BCUT2D eigenvalue weighted by Crippen LogP contribution is 2.28. The molecule has 2 aromatic carbocycles. The Bertz CT molecular complexity index is 1270. The summed E-state index contributed by atoms with van der Waals surface area (Å²) >= 11 is 0. The van der Waals surface area contributed by atoms with Crippen LogP contribution in [0.15, 0.2) is 36.5 Å². The highest BCUT2D eigenvalue weighted by Gasteiger charge is 2.27. The number of halogens is 1. The van der Waals surface area contributed by atoms with Crippen LogP contribution in [0.5, 0.6) is 0 Å². The second-order valence-corrected chi connectivity index (χ2v) is 9.72. The molecule has 1 aromatic heterocycles. The summed E-state index contributed by atoms with van der Waals surface area (Å²) in [4.78, 5) is 28.2. The number of aromatic nitrogens is 2. The monoisotopic (exact) mass is 508 g/mol. The van der Waals surface area contributed by atoms with Crippen molar-refractivity contribution >= 4 is 28.4 Å². The first kappa shape index (κ1) is 26.6. The Labute approximate surface area is 218 Å². The van der Waals surface area contributed by atoms with Crippen LogP contribution in [0.4, 0.5) is 10.1 Å². The van der Waals surface area contributed by atoms with E-state index >= 15 is 0 Å². The molecule has 0 saturated heterocycles. The zero-order chi connectivity index (χ0) is 26.5. The number of carbonyl (C=O) groups excluding carboxylic acids is 2. The molecule has 8 nitrogen and oxygen atoms in total. The molecule has 4 rings (SSSR count). The third kappa shape index (κ3) is 6.10. The number of hydrogen-bond acceptors (Lipinski definition) is 5. The molecule has 2 amide bonds. The Morgan fingerprint density at radius 3 is 2.62 bits per heavy atom. The number of benzene rings is 2. The first-order valence-electron chi connectivity index (χ1n) is 13.1. The van der Waals surface area contributed by atoms with Crippen molar-refractivity contribution in [3.8, 4) is 0 Å². The zero-order valence-corrected chi connectivity index (χ0v) is 22.3. The van der Waals surface area contributed by atoms with Crippen molar-refractivity contribution in [3.63, 3.8) is 0 Å². The van der Waals surface area contributed by atoms with Gasteiger partial charge in [-0.05, 0) is 61.2 Å². The van der Waals surface area contributed by atoms with Gasteiger partial charge in [0.15, 0.2) is 0 Å². The SMILES string of the molecule is CCCCCNC(=O)CN(CC(=O)N(C)N1Cc2ccc(F)cc2C1)c1cc2cnn(CC)c2cc1C. The third-order valence-corrected chi connectivity index (χ3v) is 7.02. The number of rotatable bonds is 11. The number of hydrazine groups is 1. The number of nitrogens with one attached hydrogen (secondary N) is 1. The summed E-state index contributed by atoms with van der Waals surface area (Å²) in [5.41, 5.74) is 4.73. The minimum absolute atomic E-state index is 0.0361. The van der Waals surface area contributed by atoms with Crippen LogP contribution in [0.3, 0.4) is 0 Å². The maximum absolute atomic E-state index is 13.7. The predicted octanol–water partition coefficient (Wildman–Crippen LogP) is 4.01. The molecule has 0 fully saturated rings. The maximum atomic E-state index is 13.7. The van der Waals surface area contributed by atoms with E-state index in [4.69, 9.17) is 0 Å². The number of unbranched alkanes of at least 4 members (excludes halogenated alkanes) is 2. The number of aryl methyl sites for hydroxylation is 2. The lowest BCUT2D eigenvalue weighted by Gasteiger charge is -2.32. The van der Waals surface area contributed by atoms with Crippen LogP contribution in [0.25, 0.3) is 10.9 Å². The van der Waals surface area contributed by atoms with Crippen LogP contribution in [0.2, 0.25) is 0 Å². The maximum Gasteiger partial charge on any atom is 0.256 e. The van der Waals surface area contributed by atoms with E-state index in [1.54, 1.807) is 18.1 Å². The lowest BCUT2D eigenvalue weighted by molar-refractivity contribution is -0.145. The average Bonchev–Trinajstić information content (AvgIpc) is 3.48. The molecule has 3 aromatic rings. The van der Waals surface area contributed by atoms with E-state index in [1.165, 1.54) is 12.1 Å². The number of likely N-dealkylation sites (N-methyl/N-ethyl adjacent to an activating group) is 1. The largest absolute Gasteiger partial charge is 0.355 e. The number of carbonyl (C=O) groups is 2. The van der Waals surface area contributed by atoms with Crippen LogP contribution < -0.4 is 10.2 Å². The fraction of sp³-hybridized carbons (Fsp3) is 0.464. The zero-order valence-electron chi connectivity index (χ0n) is 22.3. The molecule has 0 spiro atoms. The summed E-state index contributed by atoms with van der Waals surface area (Å²) in [6.07, 6.45) is 4.90. The second-order valence-electron chi connectivity index (χ2n) is 9.72. The van der Waals surface area contributed by atoms with Gasteiger partial charge >= 0.3 is 0 Å². The molecule has 0 atom stereocenters. The third-order valence-electron chi connectivity index (χ3n) is 7.02. The van der Waals surface area contributed by atoms with E-state index in [-0.39, 0.29) is 30.7 Å². The summed E-state index contributed by atoms with van der Waals surface area (Å²) < 4.78 is 15.6. The second kappa shape index (κ2) is 11.7. The molecule has 9 heteroatoms. The Morgan fingerprint density at radius 1 is 1.08 bits per heavy atom. The van der Waals surface area contributed by atoms with Crippen molar-refractivity contribution < 1.29 is 14.0 Å². The first-order valence-corrected chi connectivity index (χ1v) is 13.1. The number of hydrogen-bond donors (Lipinski definition) is 1. The van der Waals surface area contributed by atoms with Crippen LogP contribution in [0.1, 0.15) is 49.8 Å². The van der Waals surface area contributed by atoms with E-state index in [0.29, 0.717) is 19.6 Å². The summed E-state index contributed by atoms with van der Waals surface area (Å²) in [5.74, 6) is -0.530. The highest BCUT2D eigenvalue weighted by molar-refractivity contribution is 5.90. The Morgan fingerprint density at radius 2 is 1.86 bits per heavy atom. The molecule has 198 valence electrons. The van der Waals surface area contributed by atoms with Gasteiger partial charge in [0.2, 0.25) is 5.91 Å². The molecule has 0 unspecified atom stereocenters. The fourth-order valence-corrected chi connectivity index (χ4v) is 4.85. The summed E-state index contributed by atoms with van der Waals surface area (Å²) in [6, 6.07) is 8.82. The minimum Gasteiger partial charge on any atom is -0.355 e. The van der Waals surface area contributed by atoms with E-state index in [2.05, 4.69) is 23.4 Å². The predicted molar refractivity (Wildman–Crippen MR) is 143 cm³/mol. The highest BCUT2D eigenvalue weighted by atomic mass is 19.1. The van der Waals surface area contributed by atoms with Crippen LogP contribution in [-0.2, 0) is 29.2 Å². The van der Waals surface area contributed by atoms with Gasteiger partial charge in [-0.2, -0.15) is 5.10 Å². The minimum atomic E-state index is -0.275. The van der Waals surface area contributed by atoms with Gasteiger partial charge in [0, 0.05) is 44.3 Å². The number of amides is 2. The van der Waals surface area contributed by atoms with E-state index in [9.17, 15) is 14.0 Å². The van der Waals surface area contributed by atoms with Crippen molar-refractivity contribution in [2.75, 3.05) is 31.6 Å². The van der Waals surface area contributed by atoms with Gasteiger partial charge in [0.25, 0.3) is 5.91 Å². The van der Waals surface area contributed by atoms with Crippen molar-refractivity contribution in [1.82, 2.24) is 25.1 Å². The number of anilines is 1. The van der Waals surface area contributed by atoms with Gasteiger partial charge in [-0.3, -0.25) is 19.3 Å². The smallest absolute Gasteiger partial charge is 0.256 e. The average molecular weight is 509 g/mol. The van der Waals surface area contributed by atoms with Crippen molar-refractivity contribution in [2.24, 2.45) is 0 Å². The lowest BCUT2D eigenvalue weighted by atomic mass is 10.1. The normalized spacial score (nSPS) is 13.1. The van der Waals surface area contributed by atoms with Gasteiger partial charge in [0.1, 0.15) is 5.82 Å². The van der Waals surface area contributed by atoms with Gasteiger partial charge in [0.05, 0.1) is 24.8 Å². The van der Waals surface area contributed by atoms with Crippen molar-refractivity contribution in [3.05, 3.63) is 59.0 Å². The molecular formula is C28H37FN6O2. The summed E-state index contributed by atoms with van der Waals surface area (Å²) in [5, 5.41) is 11.9. The van der Waals surface area contributed by atoms with Gasteiger partial charge in [-0.1, -0.05) is 25.8 Å². The molecule has 1 N–H and O–H groups in total. The molecule has 0 radical (unpaired) electrons. The Kier molecular flexibility index (Phi) is 8.43. The molecule has 1 aliphatic heterocycles. The first-order chi connectivity index (χ1) is 17.8. The van der Waals surface area contributed by atoms with Crippen molar-refractivity contribution in [2.45, 2.75) is 59.7 Å². The van der Waals surface area contributed by atoms with E-state index < -0.39 is 0 Å². The van der Waals surface area contributed by atoms with E-state index in [1.807, 2.05) is 40.7 Å². The summed E-state index contributed by atoms with van der Waals surface area (Å²) in [6.45, 7) is 8.67. The molecule has 2 heterocycles. The van der Waals surface area contributed by atoms with Crippen LogP contribution in [0, 0.1) is 12.7 Å². The number of fused-ring (bicyclic) bond motifs is 2. The van der Waals surface area contributed by atoms with Crippen molar-refractivity contribution in [1.29, 1.82) is 0 Å². The molecule has 0 bridgehead atoms. The fourth-order valence-electron chi connectivity index (χ4n) is 4.85. The Balaban J connectivity index is 1.53. The summed E-state index contributed by atoms with van der Waals surface area (Å²) in [7, 11) is 1.73. The van der Waals surface area contributed by atoms with Crippen LogP contribution >= 0.6 is 0 Å². The van der Waals surface area contributed by atoms with Gasteiger partial charge in [-0.15, -0.1) is 0 Å². The number of nitrogens with zero attached hydrogens (tertiary/aromatic N) is 5. The quantitative estimate of drug-likeness (QED) is 0.396. The molecule has 37 heavy (non-hydrogen) atoms. The molecule has 1 aliphatic rings. The lowest BCUT2D eigenvalue weighted by Crippen LogP contribution is -2.48.